The summed E-state index contributed by atoms with van der Waals surface area (Å²) in [7, 11) is 0. The SMILES string of the molecule is CCCCCC(=O)CC(=O)NC(C[C@@H](O)c1ccccc1)C(=O)O. The lowest BCUT2D eigenvalue weighted by molar-refractivity contribution is -0.143. The van der Waals surface area contributed by atoms with Gasteiger partial charge in [-0.05, 0) is 12.0 Å². The number of rotatable bonds is 11. The summed E-state index contributed by atoms with van der Waals surface area (Å²) in [5.41, 5.74) is 0.577. The summed E-state index contributed by atoms with van der Waals surface area (Å²) in [6, 6.07) is 7.39. The van der Waals surface area contributed by atoms with Crippen LogP contribution in [0.2, 0.25) is 0 Å². The van der Waals surface area contributed by atoms with Gasteiger partial charge < -0.3 is 15.5 Å². The van der Waals surface area contributed by atoms with Crippen LogP contribution in [0, 0.1) is 0 Å². The quantitative estimate of drug-likeness (QED) is 0.425. The highest BCUT2D eigenvalue weighted by Gasteiger charge is 2.24. The van der Waals surface area contributed by atoms with Crippen LogP contribution < -0.4 is 5.32 Å². The van der Waals surface area contributed by atoms with Crippen molar-refractivity contribution in [3.63, 3.8) is 0 Å². The molecule has 0 aromatic heterocycles. The molecule has 0 aliphatic heterocycles. The summed E-state index contributed by atoms with van der Waals surface area (Å²) in [6.07, 6.45) is 1.48. The van der Waals surface area contributed by atoms with Gasteiger partial charge in [-0.25, -0.2) is 4.79 Å². The normalized spacial score (nSPS) is 13.1. The average Bonchev–Trinajstić information content (AvgIpc) is 2.55. The van der Waals surface area contributed by atoms with Crippen LogP contribution in [-0.2, 0) is 14.4 Å². The van der Waals surface area contributed by atoms with Gasteiger partial charge in [-0.2, -0.15) is 0 Å². The number of aliphatic hydroxyl groups excluding tert-OH is 1. The second-order valence-corrected chi connectivity index (χ2v) is 5.79. The highest BCUT2D eigenvalue weighted by molar-refractivity contribution is 5.99. The molecule has 24 heavy (non-hydrogen) atoms. The highest BCUT2D eigenvalue weighted by Crippen LogP contribution is 2.18. The first-order chi connectivity index (χ1) is 11.4. The molecule has 0 saturated heterocycles. The molecular weight excluding hydrogens is 310 g/mol. The molecule has 1 unspecified atom stereocenters. The Hall–Kier alpha value is -2.21. The highest BCUT2D eigenvalue weighted by atomic mass is 16.4. The Balaban J connectivity index is 2.52. The maximum atomic E-state index is 11.8. The molecule has 1 amide bonds. The summed E-state index contributed by atoms with van der Waals surface area (Å²) in [5, 5.41) is 21.6. The van der Waals surface area contributed by atoms with Gasteiger partial charge >= 0.3 is 5.97 Å². The number of hydrogen-bond donors (Lipinski definition) is 3. The molecule has 1 aromatic rings. The minimum atomic E-state index is -1.24. The Kier molecular flexibility index (Phi) is 8.71. The molecule has 3 N–H and O–H groups in total. The van der Waals surface area contributed by atoms with Crippen LogP contribution >= 0.6 is 0 Å². The smallest absolute Gasteiger partial charge is 0.326 e. The number of carbonyl (C=O) groups is 3. The Morgan fingerprint density at radius 1 is 1.12 bits per heavy atom. The second-order valence-electron chi connectivity index (χ2n) is 5.79. The fraction of sp³-hybridized carbons (Fsp3) is 0.500. The van der Waals surface area contributed by atoms with E-state index in [4.69, 9.17) is 0 Å². The van der Waals surface area contributed by atoms with Gasteiger partial charge in [0.1, 0.15) is 11.8 Å². The Morgan fingerprint density at radius 2 is 1.79 bits per heavy atom. The number of carbonyl (C=O) groups excluding carboxylic acids is 2. The van der Waals surface area contributed by atoms with Gasteiger partial charge in [0.05, 0.1) is 12.5 Å². The first-order valence-corrected chi connectivity index (χ1v) is 8.21. The van der Waals surface area contributed by atoms with Gasteiger partial charge in [0.2, 0.25) is 5.91 Å². The number of aliphatic hydroxyl groups is 1. The molecule has 1 rings (SSSR count). The molecule has 6 heteroatoms. The van der Waals surface area contributed by atoms with Gasteiger partial charge in [-0.15, -0.1) is 0 Å². The molecule has 6 nitrogen and oxygen atoms in total. The lowest BCUT2D eigenvalue weighted by Gasteiger charge is -2.18. The number of hydrogen-bond acceptors (Lipinski definition) is 4. The van der Waals surface area contributed by atoms with E-state index in [9.17, 15) is 24.6 Å². The number of carboxylic acid groups (broad SMARTS) is 1. The molecule has 0 aliphatic carbocycles. The number of benzene rings is 1. The second kappa shape index (κ2) is 10.5. The lowest BCUT2D eigenvalue weighted by atomic mass is 10.0. The zero-order chi connectivity index (χ0) is 17.9. The topological polar surface area (TPSA) is 104 Å². The minimum Gasteiger partial charge on any atom is -0.480 e. The Morgan fingerprint density at radius 3 is 2.38 bits per heavy atom. The summed E-state index contributed by atoms with van der Waals surface area (Å²) >= 11 is 0. The van der Waals surface area contributed by atoms with E-state index in [1.165, 1.54) is 0 Å². The number of unbranched alkanes of at least 4 members (excludes halogenated alkanes) is 2. The first kappa shape index (κ1) is 19.8. The zero-order valence-corrected chi connectivity index (χ0v) is 13.9. The van der Waals surface area contributed by atoms with Gasteiger partial charge in [0, 0.05) is 12.8 Å². The van der Waals surface area contributed by atoms with Crippen LogP contribution in [0.4, 0.5) is 0 Å². The molecule has 0 fully saturated rings. The van der Waals surface area contributed by atoms with E-state index in [0.29, 0.717) is 12.0 Å². The van der Waals surface area contributed by atoms with Gasteiger partial charge in [-0.1, -0.05) is 50.1 Å². The third-order valence-corrected chi connectivity index (χ3v) is 3.69. The van der Waals surface area contributed by atoms with Crippen molar-refractivity contribution in [3.8, 4) is 0 Å². The van der Waals surface area contributed by atoms with E-state index < -0.39 is 24.0 Å². The van der Waals surface area contributed by atoms with Crippen molar-refractivity contribution in [2.45, 2.75) is 57.6 Å². The maximum Gasteiger partial charge on any atom is 0.326 e. The molecule has 132 valence electrons. The average molecular weight is 335 g/mol. The van der Waals surface area contributed by atoms with E-state index >= 15 is 0 Å². The van der Waals surface area contributed by atoms with Crippen molar-refractivity contribution in [1.82, 2.24) is 5.32 Å². The first-order valence-electron chi connectivity index (χ1n) is 8.21. The van der Waals surface area contributed by atoms with Crippen molar-refractivity contribution in [3.05, 3.63) is 35.9 Å². The van der Waals surface area contributed by atoms with E-state index in [-0.39, 0.29) is 18.6 Å². The van der Waals surface area contributed by atoms with Crippen molar-refractivity contribution in [2.75, 3.05) is 0 Å². The third-order valence-electron chi connectivity index (χ3n) is 3.69. The fourth-order valence-electron chi connectivity index (χ4n) is 2.34. The number of aliphatic carboxylic acids is 1. The van der Waals surface area contributed by atoms with E-state index in [0.717, 1.165) is 19.3 Å². The molecule has 0 bridgehead atoms. The van der Waals surface area contributed by atoms with Crippen molar-refractivity contribution in [1.29, 1.82) is 0 Å². The number of nitrogens with one attached hydrogen (secondary N) is 1. The Bertz CT molecular complexity index is 544. The van der Waals surface area contributed by atoms with Crippen LogP contribution in [0.15, 0.2) is 30.3 Å². The predicted octanol–water partition coefficient (Wildman–Crippen LogP) is 2.22. The van der Waals surface area contributed by atoms with Gasteiger partial charge in [-0.3, -0.25) is 9.59 Å². The van der Waals surface area contributed by atoms with Crippen LogP contribution in [0.25, 0.3) is 0 Å². The zero-order valence-electron chi connectivity index (χ0n) is 13.9. The van der Waals surface area contributed by atoms with Gasteiger partial charge in [0.25, 0.3) is 0 Å². The monoisotopic (exact) mass is 335 g/mol. The largest absolute Gasteiger partial charge is 0.480 e. The standard InChI is InChI=1S/C18H25NO5/c1-2-3-5-10-14(20)11-17(22)19-15(18(23)24)12-16(21)13-8-6-4-7-9-13/h4,6-9,15-16,21H,2-3,5,10-12H2,1H3,(H,19,22)(H,23,24)/t15?,16-/m1/s1. The number of carboxylic acids is 1. The molecule has 0 saturated carbocycles. The van der Waals surface area contributed by atoms with E-state index in [1.54, 1.807) is 30.3 Å². The fourth-order valence-corrected chi connectivity index (χ4v) is 2.34. The summed E-state index contributed by atoms with van der Waals surface area (Å²) < 4.78 is 0. The Labute approximate surface area is 141 Å². The van der Waals surface area contributed by atoms with Crippen molar-refractivity contribution >= 4 is 17.7 Å². The van der Waals surface area contributed by atoms with Crippen LogP contribution in [0.3, 0.4) is 0 Å². The molecule has 0 spiro atoms. The van der Waals surface area contributed by atoms with Crippen LogP contribution in [0.1, 0.15) is 57.1 Å². The molecule has 0 aliphatic rings. The number of ketones is 1. The van der Waals surface area contributed by atoms with Crippen molar-refractivity contribution in [2.24, 2.45) is 0 Å². The van der Waals surface area contributed by atoms with Crippen LogP contribution in [0.5, 0.6) is 0 Å². The maximum absolute atomic E-state index is 11.8. The molecule has 0 heterocycles. The molecule has 0 radical (unpaired) electrons. The summed E-state index contributed by atoms with van der Waals surface area (Å²) in [4.78, 5) is 34.8. The van der Waals surface area contributed by atoms with E-state index in [1.807, 2.05) is 6.92 Å². The van der Waals surface area contributed by atoms with E-state index in [2.05, 4.69) is 5.32 Å². The summed E-state index contributed by atoms with van der Waals surface area (Å²) in [6.45, 7) is 2.02. The minimum absolute atomic E-state index is 0.158. The third kappa shape index (κ3) is 7.37. The molecule has 2 atom stereocenters. The summed E-state index contributed by atoms with van der Waals surface area (Å²) in [5.74, 6) is -2.06. The molecular formula is C18H25NO5. The predicted molar refractivity (Wildman–Crippen MR) is 89.4 cm³/mol. The molecule has 1 aromatic carbocycles. The van der Waals surface area contributed by atoms with Crippen LogP contribution in [-0.4, -0.2) is 33.9 Å². The lowest BCUT2D eigenvalue weighted by Crippen LogP contribution is -2.42. The van der Waals surface area contributed by atoms with Crippen molar-refractivity contribution < 1.29 is 24.6 Å². The number of amides is 1. The number of Topliss-reactive ketones (excluding diaryl/α,β-unsaturated/α-hetero) is 1. The van der Waals surface area contributed by atoms with Gasteiger partial charge in [0.15, 0.2) is 0 Å².